The molecule has 5 heteroatoms. The van der Waals surface area contributed by atoms with E-state index in [1.54, 1.807) is 6.92 Å². The first-order chi connectivity index (χ1) is 5.91. The normalized spacial score (nSPS) is 27.7. The number of carboxylic acid groups (broad SMARTS) is 1. The van der Waals surface area contributed by atoms with Crippen molar-refractivity contribution in [2.45, 2.75) is 25.4 Å². The smallest absolute Gasteiger partial charge is 0.312 e. The van der Waals surface area contributed by atoms with Crippen LogP contribution in [-0.2, 0) is 9.59 Å². The molecule has 74 valence electrons. The molecule has 1 fully saturated rings. The molecule has 0 aliphatic carbocycles. The third-order valence-electron chi connectivity index (χ3n) is 2.11. The van der Waals surface area contributed by atoms with Gasteiger partial charge in [0.2, 0.25) is 5.91 Å². The summed E-state index contributed by atoms with van der Waals surface area (Å²) in [7, 11) is 0. The molecule has 1 aliphatic rings. The topological polar surface area (TPSA) is 77.8 Å². The number of likely N-dealkylation sites (tertiary alicyclic amines) is 1. The van der Waals surface area contributed by atoms with Gasteiger partial charge in [-0.2, -0.15) is 0 Å². The molecule has 1 aliphatic heterocycles. The molecule has 1 heterocycles. The molecule has 13 heavy (non-hydrogen) atoms. The maximum atomic E-state index is 11.2. The summed E-state index contributed by atoms with van der Waals surface area (Å²) < 4.78 is 0. The summed E-state index contributed by atoms with van der Waals surface area (Å²) in [5.41, 5.74) is -0.853. The van der Waals surface area contributed by atoms with Crippen molar-refractivity contribution in [1.82, 2.24) is 4.90 Å². The molecule has 5 nitrogen and oxygen atoms in total. The van der Waals surface area contributed by atoms with E-state index in [0.29, 0.717) is 13.0 Å². The summed E-state index contributed by atoms with van der Waals surface area (Å²) in [6, 6.07) is 0. The van der Waals surface area contributed by atoms with E-state index >= 15 is 0 Å². The average molecular weight is 187 g/mol. The van der Waals surface area contributed by atoms with Crippen LogP contribution in [0.2, 0.25) is 0 Å². The van der Waals surface area contributed by atoms with Crippen LogP contribution < -0.4 is 0 Å². The van der Waals surface area contributed by atoms with Crippen molar-refractivity contribution < 1.29 is 19.8 Å². The molecular formula is C8H13NO4. The van der Waals surface area contributed by atoms with Crippen LogP contribution >= 0.6 is 0 Å². The Kier molecular flexibility index (Phi) is 2.56. The van der Waals surface area contributed by atoms with Gasteiger partial charge in [0.05, 0.1) is 5.60 Å². The van der Waals surface area contributed by atoms with E-state index in [9.17, 15) is 14.7 Å². The number of β-amino-alcohol motifs (C(OH)–C–C–N with tert-alkyl or cyclic N) is 1. The predicted octanol–water partition coefficient (Wildman–Crippen LogP) is -0.556. The zero-order valence-corrected chi connectivity index (χ0v) is 7.49. The average Bonchev–Trinajstić information content (AvgIpc) is 2.28. The molecule has 0 bridgehead atoms. The Bertz CT molecular complexity index is 236. The zero-order valence-electron chi connectivity index (χ0n) is 7.49. The Hall–Kier alpha value is -1.10. The molecule has 0 aromatic heterocycles. The van der Waals surface area contributed by atoms with Crippen LogP contribution in [0.15, 0.2) is 0 Å². The number of carboxylic acids is 1. The van der Waals surface area contributed by atoms with Crippen LogP contribution in [0.1, 0.15) is 19.8 Å². The Morgan fingerprint density at radius 1 is 1.54 bits per heavy atom. The van der Waals surface area contributed by atoms with Crippen LogP contribution in [0.25, 0.3) is 0 Å². The van der Waals surface area contributed by atoms with E-state index in [2.05, 4.69) is 0 Å². The summed E-state index contributed by atoms with van der Waals surface area (Å²) in [4.78, 5) is 22.8. The fourth-order valence-electron chi connectivity index (χ4n) is 1.40. The molecule has 0 saturated carbocycles. The van der Waals surface area contributed by atoms with Gasteiger partial charge in [0.15, 0.2) is 0 Å². The lowest BCUT2D eigenvalue weighted by atomic mass is 10.1. The van der Waals surface area contributed by atoms with Gasteiger partial charge in [-0.25, -0.2) is 0 Å². The summed E-state index contributed by atoms with van der Waals surface area (Å²) in [5.74, 6) is -1.55. The third-order valence-corrected chi connectivity index (χ3v) is 2.11. The van der Waals surface area contributed by atoms with Gasteiger partial charge in [0, 0.05) is 13.1 Å². The third kappa shape index (κ3) is 2.69. The van der Waals surface area contributed by atoms with E-state index in [4.69, 9.17) is 5.11 Å². The SMILES string of the molecule is CC1(O)CCN(C(=O)CC(=O)O)C1. The molecule has 1 atom stereocenters. The van der Waals surface area contributed by atoms with Crippen molar-refractivity contribution >= 4 is 11.9 Å². The first-order valence-electron chi connectivity index (χ1n) is 4.13. The van der Waals surface area contributed by atoms with Gasteiger partial charge >= 0.3 is 5.97 Å². The zero-order chi connectivity index (χ0) is 10.1. The van der Waals surface area contributed by atoms with E-state index in [1.165, 1.54) is 4.90 Å². The molecule has 0 radical (unpaired) electrons. The highest BCUT2D eigenvalue weighted by atomic mass is 16.4. The van der Waals surface area contributed by atoms with E-state index in [0.717, 1.165) is 0 Å². The van der Waals surface area contributed by atoms with E-state index in [1.807, 2.05) is 0 Å². The lowest BCUT2D eigenvalue weighted by Gasteiger charge is -2.18. The van der Waals surface area contributed by atoms with Crippen molar-refractivity contribution in [3.05, 3.63) is 0 Å². The Morgan fingerprint density at radius 3 is 2.54 bits per heavy atom. The molecule has 1 unspecified atom stereocenters. The number of hydrogen-bond acceptors (Lipinski definition) is 3. The Morgan fingerprint density at radius 2 is 2.15 bits per heavy atom. The monoisotopic (exact) mass is 187 g/mol. The van der Waals surface area contributed by atoms with Crippen LogP contribution in [0, 0.1) is 0 Å². The Labute approximate surface area is 76.0 Å². The van der Waals surface area contributed by atoms with Gasteiger partial charge in [-0.05, 0) is 13.3 Å². The summed E-state index contributed by atoms with van der Waals surface area (Å²) in [6.07, 6.45) is 0.0223. The molecule has 0 spiro atoms. The molecular weight excluding hydrogens is 174 g/mol. The Balaban J connectivity index is 2.47. The van der Waals surface area contributed by atoms with Crippen LogP contribution in [-0.4, -0.2) is 45.7 Å². The lowest BCUT2D eigenvalue weighted by molar-refractivity contribution is -0.144. The first-order valence-corrected chi connectivity index (χ1v) is 4.13. The van der Waals surface area contributed by atoms with Crippen molar-refractivity contribution in [3.63, 3.8) is 0 Å². The molecule has 1 saturated heterocycles. The van der Waals surface area contributed by atoms with Crippen molar-refractivity contribution in [2.75, 3.05) is 13.1 Å². The number of amides is 1. The van der Waals surface area contributed by atoms with Gasteiger partial charge in [0.25, 0.3) is 0 Å². The van der Waals surface area contributed by atoms with Gasteiger partial charge < -0.3 is 15.1 Å². The summed E-state index contributed by atoms with van der Waals surface area (Å²) in [5, 5.41) is 17.9. The van der Waals surface area contributed by atoms with Gasteiger partial charge in [0.1, 0.15) is 6.42 Å². The van der Waals surface area contributed by atoms with Gasteiger partial charge in [-0.3, -0.25) is 9.59 Å². The van der Waals surface area contributed by atoms with Crippen LogP contribution in [0.3, 0.4) is 0 Å². The molecule has 0 aromatic rings. The highest BCUT2D eigenvalue weighted by Gasteiger charge is 2.34. The second-order valence-electron chi connectivity index (χ2n) is 3.63. The molecule has 2 N–H and O–H groups in total. The molecule has 1 amide bonds. The second-order valence-corrected chi connectivity index (χ2v) is 3.63. The predicted molar refractivity (Wildman–Crippen MR) is 44.1 cm³/mol. The van der Waals surface area contributed by atoms with Crippen LogP contribution in [0.5, 0.6) is 0 Å². The largest absolute Gasteiger partial charge is 0.481 e. The minimum atomic E-state index is -1.13. The number of carbonyl (C=O) groups is 2. The summed E-state index contributed by atoms with van der Waals surface area (Å²) >= 11 is 0. The highest BCUT2D eigenvalue weighted by molar-refractivity contribution is 5.93. The molecule has 1 rings (SSSR count). The standard InChI is InChI=1S/C8H13NO4/c1-8(13)2-3-9(5-8)6(10)4-7(11)12/h13H,2-5H2,1H3,(H,11,12). The maximum Gasteiger partial charge on any atom is 0.312 e. The number of hydrogen-bond donors (Lipinski definition) is 2. The fourth-order valence-corrected chi connectivity index (χ4v) is 1.40. The first kappa shape index (κ1) is 9.98. The minimum Gasteiger partial charge on any atom is -0.481 e. The molecule has 0 aromatic carbocycles. The van der Waals surface area contributed by atoms with Crippen molar-refractivity contribution in [2.24, 2.45) is 0 Å². The van der Waals surface area contributed by atoms with Crippen LogP contribution in [0.4, 0.5) is 0 Å². The summed E-state index contributed by atoms with van der Waals surface area (Å²) in [6.45, 7) is 2.32. The van der Waals surface area contributed by atoms with Gasteiger partial charge in [-0.15, -0.1) is 0 Å². The minimum absolute atomic E-state index is 0.235. The van der Waals surface area contributed by atoms with Crippen molar-refractivity contribution in [1.29, 1.82) is 0 Å². The number of nitrogens with zero attached hydrogens (tertiary/aromatic N) is 1. The highest BCUT2D eigenvalue weighted by Crippen LogP contribution is 2.20. The van der Waals surface area contributed by atoms with Gasteiger partial charge in [-0.1, -0.05) is 0 Å². The van der Waals surface area contributed by atoms with E-state index in [-0.39, 0.29) is 6.54 Å². The fraction of sp³-hybridized carbons (Fsp3) is 0.750. The second kappa shape index (κ2) is 3.33. The number of aliphatic hydroxyl groups is 1. The van der Waals surface area contributed by atoms with Crippen molar-refractivity contribution in [3.8, 4) is 0 Å². The number of rotatable bonds is 2. The lowest BCUT2D eigenvalue weighted by Crippen LogP contribution is -2.34. The quantitative estimate of drug-likeness (QED) is 0.568. The number of aliphatic carboxylic acids is 1. The van der Waals surface area contributed by atoms with E-state index < -0.39 is 23.9 Å². The maximum absolute atomic E-state index is 11.2. The number of carbonyl (C=O) groups excluding carboxylic acids is 1.